The highest BCUT2D eigenvalue weighted by atomic mass is 16.5. The van der Waals surface area contributed by atoms with Crippen molar-refractivity contribution in [1.29, 1.82) is 0 Å². The molecule has 0 saturated carbocycles. The Morgan fingerprint density at radius 3 is 2.62 bits per heavy atom. The number of carbonyl (C=O) groups excluding carboxylic acids is 1. The van der Waals surface area contributed by atoms with Gasteiger partial charge >= 0.3 is 12.1 Å². The maximum Gasteiger partial charge on any atom is 0.407 e. The minimum Gasteiger partial charge on any atom is -0.478 e. The number of ether oxygens (including phenoxy) is 1. The molecule has 1 heterocycles. The maximum atomic E-state index is 11.5. The lowest BCUT2D eigenvalue weighted by Crippen LogP contribution is -2.24. The number of nitrogens with zero attached hydrogens (tertiary/aromatic N) is 1. The van der Waals surface area contributed by atoms with Crippen molar-refractivity contribution in [3.05, 3.63) is 71.6 Å². The monoisotopic (exact) mass is 326 g/mol. The number of aromatic carboxylic acids is 1. The molecular formula is C18H18N2O4. The van der Waals surface area contributed by atoms with E-state index in [0.29, 0.717) is 18.7 Å². The van der Waals surface area contributed by atoms with E-state index in [-0.39, 0.29) is 12.2 Å². The van der Waals surface area contributed by atoms with Gasteiger partial charge < -0.3 is 15.2 Å². The molecule has 0 spiro atoms. The first-order chi connectivity index (χ1) is 11.6. The summed E-state index contributed by atoms with van der Waals surface area (Å²) in [6.45, 7) is 0.680. The van der Waals surface area contributed by atoms with E-state index in [0.717, 1.165) is 5.56 Å². The van der Waals surface area contributed by atoms with Gasteiger partial charge in [0, 0.05) is 12.7 Å². The molecule has 2 rings (SSSR count). The van der Waals surface area contributed by atoms with Crippen LogP contribution in [0.5, 0.6) is 0 Å². The number of carbonyl (C=O) groups is 2. The van der Waals surface area contributed by atoms with Crippen LogP contribution in [0, 0.1) is 0 Å². The molecule has 0 aliphatic carbocycles. The van der Waals surface area contributed by atoms with Crippen LogP contribution in [0.2, 0.25) is 0 Å². The number of pyridine rings is 1. The van der Waals surface area contributed by atoms with Crippen LogP contribution in [-0.2, 0) is 11.3 Å². The Kier molecular flexibility index (Phi) is 6.52. The molecule has 124 valence electrons. The Morgan fingerprint density at radius 2 is 1.96 bits per heavy atom. The van der Waals surface area contributed by atoms with Crippen molar-refractivity contribution in [2.45, 2.75) is 13.0 Å². The fourth-order valence-corrected chi connectivity index (χ4v) is 1.87. The summed E-state index contributed by atoms with van der Waals surface area (Å²) >= 11 is 0. The molecule has 2 aromatic rings. The molecule has 0 atom stereocenters. The number of amides is 1. The number of rotatable bonds is 7. The van der Waals surface area contributed by atoms with Gasteiger partial charge in [0.2, 0.25) is 0 Å². The van der Waals surface area contributed by atoms with Crippen LogP contribution in [0.15, 0.2) is 54.7 Å². The minimum atomic E-state index is -1.00. The largest absolute Gasteiger partial charge is 0.478 e. The molecule has 2 N–H and O–H groups in total. The van der Waals surface area contributed by atoms with Gasteiger partial charge in [-0.1, -0.05) is 36.4 Å². The van der Waals surface area contributed by atoms with Crippen molar-refractivity contribution in [2.24, 2.45) is 0 Å². The standard InChI is InChI=1S/C18H18N2O4/c21-17(22)15-9-10-16(20-12-15)8-4-5-11-19-18(23)24-13-14-6-2-1-3-7-14/h1-4,6-10,12H,5,11,13H2,(H,19,23)(H,21,22). The number of carboxylic acid groups (broad SMARTS) is 1. The third kappa shape index (κ3) is 5.92. The number of hydrogen-bond donors (Lipinski definition) is 2. The summed E-state index contributed by atoms with van der Waals surface area (Å²) in [5, 5.41) is 11.4. The van der Waals surface area contributed by atoms with E-state index in [4.69, 9.17) is 9.84 Å². The van der Waals surface area contributed by atoms with Crippen molar-refractivity contribution in [1.82, 2.24) is 10.3 Å². The molecule has 1 aromatic heterocycles. The predicted molar refractivity (Wildman–Crippen MR) is 89.5 cm³/mol. The van der Waals surface area contributed by atoms with Gasteiger partial charge in [-0.3, -0.25) is 4.98 Å². The van der Waals surface area contributed by atoms with Crippen LogP contribution in [-0.4, -0.2) is 28.7 Å². The molecule has 1 amide bonds. The molecule has 0 aliphatic heterocycles. The van der Waals surface area contributed by atoms with E-state index in [2.05, 4.69) is 10.3 Å². The predicted octanol–water partition coefficient (Wildman–Crippen LogP) is 3.11. The quantitative estimate of drug-likeness (QED) is 0.763. The van der Waals surface area contributed by atoms with Crippen molar-refractivity contribution >= 4 is 18.1 Å². The Hall–Kier alpha value is -3.15. The second kappa shape index (κ2) is 9.09. The number of nitrogens with one attached hydrogen (secondary N) is 1. The zero-order valence-corrected chi connectivity index (χ0v) is 13.0. The topological polar surface area (TPSA) is 88.5 Å². The molecule has 0 bridgehead atoms. The number of carboxylic acids is 1. The van der Waals surface area contributed by atoms with Crippen molar-refractivity contribution < 1.29 is 19.4 Å². The summed E-state index contributed by atoms with van der Waals surface area (Å²) in [4.78, 5) is 26.3. The Morgan fingerprint density at radius 1 is 1.17 bits per heavy atom. The van der Waals surface area contributed by atoms with Crippen LogP contribution in [0.1, 0.15) is 28.0 Å². The second-order valence-corrected chi connectivity index (χ2v) is 4.96. The highest BCUT2D eigenvalue weighted by Crippen LogP contribution is 2.03. The molecule has 0 radical (unpaired) electrons. The third-order valence-electron chi connectivity index (χ3n) is 3.12. The third-order valence-corrected chi connectivity index (χ3v) is 3.12. The van der Waals surface area contributed by atoms with Crippen LogP contribution < -0.4 is 5.32 Å². The Labute approximate surface area is 139 Å². The first kappa shape index (κ1) is 17.2. The smallest absolute Gasteiger partial charge is 0.407 e. The normalized spacial score (nSPS) is 10.5. The van der Waals surface area contributed by atoms with Gasteiger partial charge in [-0.2, -0.15) is 0 Å². The van der Waals surface area contributed by atoms with Crippen LogP contribution in [0.4, 0.5) is 4.79 Å². The molecule has 0 aliphatic rings. The number of alkyl carbamates (subject to hydrolysis) is 1. The highest BCUT2D eigenvalue weighted by Gasteiger charge is 2.02. The second-order valence-electron chi connectivity index (χ2n) is 4.96. The lowest BCUT2D eigenvalue weighted by atomic mass is 10.2. The minimum absolute atomic E-state index is 0.148. The molecule has 0 fully saturated rings. The molecule has 6 heteroatoms. The van der Waals surface area contributed by atoms with E-state index in [1.807, 2.05) is 36.4 Å². The summed E-state index contributed by atoms with van der Waals surface area (Å²) in [6, 6.07) is 12.6. The van der Waals surface area contributed by atoms with E-state index < -0.39 is 12.1 Å². The van der Waals surface area contributed by atoms with Gasteiger partial charge in [0.15, 0.2) is 0 Å². The summed E-state index contributed by atoms with van der Waals surface area (Å²) in [7, 11) is 0. The molecule has 1 aromatic carbocycles. The van der Waals surface area contributed by atoms with Crippen LogP contribution in [0.3, 0.4) is 0 Å². The molecule has 0 unspecified atom stereocenters. The molecule has 6 nitrogen and oxygen atoms in total. The van der Waals surface area contributed by atoms with Gasteiger partial charge in [0.25, 0.3) is 0 Å². The van der Waals surface area contributed by atoms with Crippen molar-refractivity contribution in [2.75, 3.05) is 6.54 Å². The SMILES string of the molecule is O=C(NCCC=Cc1ccc(C(=O)O)cn1)OCc1ccccc1. The molecule has 24 heavy (non-hydrogen) atoms. The Balaban J connectivity index is 1.65. The van der Waals surface area contributed by atoms with Gasteiger partial charge in [-0.25, -0.2) is 9.59 Å². The van der Waals surface area contributed by atoms with Gasteiger partial charge in [-0.15, -0.1) is 0 Å². The van der Waals surface area contributed by atoms with Gasteiger partial charge in [-0.05, 0) is 30.2 Å². The number of hydrogen-bond acceptors (Lipinski definition) is 4. The van der Waals surface area contributed by atoms with Crippen molar-refractivity contribution in [3.63, 3.8) is 0 Å². The van der Waals surface area contributed by atoms with E-state index in [1.54, 1.807) is 12.1 Å². The lowest BCUT2D eigenvalue weighted by Gasteiger charge is -2.05. The lowest BCUT2D eigenvalue weighted by molar-refractivity contribution is 0.0696. The Bertz CT molecular complexity index is 697. The van der Waals surface area contributed by atoms with E-state index >= 15 is 0 Å². The molecular weight excluding hydrogens is 308 g/mol. The molecule has 0 saturated heterocycles. The number of aromatic nitrogens is 1. The zero-order chi connectivity index (χ0) is 17.2. The average Bonchev–Trinajstić information content (AvgIpc) is 2.61. The van der Waals surface area contributed by atoms with E-state index in [9.17, 15) is 9.59 Å². The first-order valence-electron chi connectivity index (χ1n) is 7.45. The zero-order valence-electron chi connectivity index (χ0n) is 13.0. The maximum absolute atomic E-state index is 11.5. The van der Waals surface area contributed by atoms with Crippen molar-refractivity contribution in [3.8, 4) is 0 Å². The van der Waals surface area contributed by atoms with Crippen LogP contribution in [0.25, 0.3) is 6.08 Å². The summed E-state index contributed by atoms with van der Waals surface area (Å²) in [5.74, 6) is -1.00. The summed E-state index contributed by atoms with van der Waals surface area (Å²) < 4.78 is 5.09. The van der Waals surface area contributed by atoms with Gasteiger partial charge in [0.1, 0.15) is 6.61 Å². The average molecular weight is 326 g/mol. The van der Waals surface area contributed by atoms with Gasteiger partial charge in [0.05, 0.1) is 11.3 Å². The summed E-state index contributed by atoms with van der Waals surface area (Å²) in [6.07, 6.45) is 5.07. The summed E-state index contributed by atoms with van der Waals surface area (Å²) in [5.41, 5.74) is 1.74. The van der Waals surface area contributed by atoms with E-state index in [1.165, 1.54) is 12.3 Å². The highest BCUT2D eigenvalue weighted by molar-refractivity contribution is 5.87. The number of benzene rings is 1. The fourth-order valence-electron chi connectivity index (χ4n) is 1.87. The first-order valence-corrected chi connectivity index (χ1v) is 7.45. The van der Waals surface area contributed by atoms with Crippen LogP contribution >= 0.6 is 0 Å². The fraction of sp³-hybridized carbons (Fsp3) is 0.167.